The summed E-state index contributed by atoms with van der Waals surface area (Å²) in [6, 6.07) is 65.6. The largest absolute Gasteiger partial charge is 0.311 e. The van der Waals surface area contributed by atoms with Gasteiger partial charge in [0.1, 0.15) is 0 Å². The molecule has 3 heterocycles. The van der Waals surface area contributed by atoms with Crippen LogP contribution >= 0.6 is 0 Å². The molecule has 0 saturated carbocycles. The van der Waals surface area contributed by atoms with E-state index in [0.29, 0.717) is 0 Å². The molecule has 0 unspecified atom stereocenters. The summed E-state index contributed by atoms with van der Waals surface area (Å²) >= 11 is 0. The molecule has 3 aromatic heterocycles. The lowest BCUT2D eigenvalue weighted by atomic mass is 10.1. The Morgan fingerprint density at radius 2 is 0.906 bits per heavy atom. The summed E-state index contributed by atoms with van der Waals surface area (Å²) in [6.07, 6.45) is 1.90. The van der Waals surface area contributed by atoms with Gasteiger partial charge in [-0.1, -0.05) is 103 Å². The van der Waals surface area contributed by atoms with Crippen LogP contribution in [0.15, 0.2) is 194 Å². The van der Waals surface area contributed by atoms with Crippen LogP contribution in [-0.4, -0.2) is 24.3 Å². The van der Waals surface area contributed by atoms with E-state index in [4.69, 9.17) is 15.2 Å². The lowest BCUT2D eigenvalue weighted by Crippen LogP contribution is -2.10. The molecule has 0 aliphatic rings. The Balaban J connectivity index is 1.06. The summed E-state index contributed by atoms with van der Waals surface area (Å²) in [5.74, 6) is 1.50. The summed E-state index contributed by atoms with van der Waals surface area (Å²) in [4.78, 5) is 7.06. The van der Waals surface area contributed by atoms with Gasteiger partial charge in [0.25, 0.3) is 0 Å². The monoisotopic (exact) mass is 680 g/mol. The highest BCUT2D eigenvalue weighted by Crippen LogP contribution is 2.38. The van der Waals surface area contributed by atoms with Crippen LogP contribution in [0, 0.1) is 0 Å². The molecule has 10 aromatic rings. The molecule has 7 aromatic carbocycles. The van der Waals surface area contributed by atoms with Gasteiger partial charge in [0.2, 0.25) is 0 Å². The SMILES string of the molecule is c1ccc(-c2nnc(-c3ccc(N(c4ccccc4)c4ccc(-n5c6ccccc6c6ccccc65)cc4)cc3)n2-c2cnc3ccccc3c2)cc1. The zero-order chi connectivity index (χ0) is 35.1. The van der Waals surface area contributed by atoms with Gasteiger partial charge in [-0.3, -0.25) is 9.55 Å². The number of hydrogen-bond donors (Lipinski definition) is 0. The third kappa shape index (κ3) is 5.32. The van der Waals surface area contributed by atoms with E-state index in [1.807, 2.05) is 42.6 Å². The Hall–Kier alpha value is -7.31. The van der Waals surface area contributed by atoms with E-state index in [1.165, 1.54) is 21.8 Å². The number of anilines is 3. The first-order chi connectivity index (χ1) is 26.3. The molecular formula is C47H32N6. The molecule has 53 heavy (non-hydrogen) atoms. The van der Waals surface area contributed by atoms with Crippen molar-refractivity contribution >= 4 is 49.8 Å². The van der Waals surface area contributed by atoms with Crippen molar-refractivity contribution in [3.63, 3.8) is 0 Å². The average molecular weight is 681 g/mol. The summed E-state index contributed by atoms with van der Waals surface area (Å²) in [5, 5.41) is 13.0. The van der Waals surface area contributed by atoms with Crippen molar-refractivity contribution in [2.75, 3.05) is 4.90 Å². The Labute approximate surface area is 306 Å². The minimum atomic E-state index is 0.745. The van der Waals surface area contributed by atoms with E-state index in [0.717, 1.165) is 62.1 Å². The topological polar surface area (TPSA) is 51.8 Å². The number of hydrogen-bond acceptors (Lipinski definition) is 4. The molecule has 0 bridgehead atoms. The molecule has 0 N–H and O–H groups in total. The lowest BCUT2D eigenvalue weighted by Gasteiger charge is -2.26. The maximum Gasteiger partial charge on any atom is 0.168 e. The number of benzene rings is 7. The predicted octanol–water partition coefficient (Wildman–Crippen LogP) is 11.7. The molecule has 0 radical (unpaired) electrons. The quantitative estimate of drug-likeness (QED) is 0.168. The first kappa shape index (κ1) is 30.5. The zero-order valence-electron chi connectivity index (χ0n) is 28.7. The number of aromatic nitrogens is 5. The number of para-hydroxylation sites is 4. The molecule has 0 aliphatic heterocycles. The molecule has 0 atom stereocenters. The van der Waals surface area contributed by atoms with Crippen molar-refractivity contribution in [3.05, 3.63) is 194 Å². The van der Waals surface area contributed by atoms with E-state index >= 15 is 0 Å². The molecule has 0 amide bonds. The smallest absolute Gasteiger partial charge is 0.168 e. The minimum absolute atomic E-state index is 0.745. The third-order valence-electron chi connectivity index (χ3n) is 9.87. The van der Waals surface area contributed by atoms with Crippen LogP contribution in [0.2, 0.25) is 0 Å². The maximum atomic E-state index is 4.78. The Kier molecular flexibility index (Phi) is 7.36. The molecule has 0 spiro atoms. The predicted molar refractivity (Wildman–Crippen MR) is 217 cm³/mol. The highest BCUT2D eigenvalue weighted by molar-refractivity contribution is 6.09. The van der Waals surface area contributed by atoms with Crippen LogP contribution in [0.1, 0.15) is 0 Å². The van der Waals surface area contributed by atoms with Crippen LogP contribution in [-0.2, 0) is 0 Å². The number of nitrogens with zero attached hydrogens (tertiary/aromatic N) is 6. The Morgan fingerprint density at radius 1 is 0.396 bits per heavy atom. The standard InChI is InChI=1S/C47H32N6/c1-3-13-33(14-4-1)46-49-50-47(53(46)40-31-35-15-7-10-20-43(35)48-32-40)34-23-25-37(26-24-34)51(36-16-5-2-6-17-36)38-27-29-39(30-28-38)52-44-21-11-8-18-41(44)42-19-9-12-22-45(42)52/h1-32H. The van der Waals surface area contributed by atoms with Crippen molar-refractivity contribution in [1.29, 1.82) is 0 Å². The van der Waals surface area contributed by atoms with Gasteiger partial charge < -0.3 is 9.47 Å². The second-order valence-corrected chi connectivity index (χ2v) is 13.0. The van der Waals surface area contributed by atoms with Crippen molar-refractivity contribution in [2.24, 2.45) is 0 Å². The Bertz CT molecular complexity index is 2820. The van der Waals surface area contributed by atoms with Gasteiger partial charge >= 0.3 is 0 Å². The van der Waals surface area contributed by atoms with Gasteiger partial charge in [0.05, 0.1) is 28.4 Å². The molecule has 0 fully saturated rings. The average Bonchev–Trinajstić information content (AvgIpc) is 3.83. The van der Waals surface area contributed by atoms with Crippen molar-refractivity contribution in [3.8, 4) is 34.2 Å². The fraction of sp³-hybridized carbons (Fsp3) is 0. The summed E-state index contributed by atoms with van der Waals surface area (Å²) in [7, 11) is 0. The molecule has 6 nitrogen and oxygen atoms in total. The van der Waals surface area contributed by atoms with Crippen molar-refractivity contribution in [1.82, 2.24) is 24.3 Å². The van der Waals surface area contributed by atoms with Gasteiger partial charge in [-0.25, -0.2) is 0 Å². The molecule has 0 aliphatic carbocycles. The molecule has 0 saturated heterocycles. The molecular weight excluding hydrogens is 649 g/mol. The van der Waals surface area contributed by atoms with E-state index < -0.39 is 0 Å². The number of pyridine rings is 1. The molecule has 250 valence electrons. The van der Waals surface area contributed by atoms with E-state index in [1.54, 1.807) is 0 Å². The van der Waals surface area contributed by atoms with Gasteiger partial charge in [0.15, 0.2) is 11.6 Å². The van der Waals surface area contributed by atoms with E-state index in [9.17, 15) is 0 Å². The van der Waals surface area contributed by atoms with Crippen molar-refractivity contribution in [2.45, 2.75) is 0 Å². The first-order valence-corrected chi connectivity index (χ1v) is 17.7. The van der Waals surface area contributed by atoms with Gasteiger partial charge in [-0.2, -0.15) is 0 Å². The second kappa shape index (κ2) is 12.8. The zero-order valence-corrected chi connectivity index (χ0v) is 28.7. The van der Waals surface area contributed by atoms with Crippen LogP contribution in [0.3, 0.4) is 0 Å². The molecule has 10 rings (SSSR count). The highest BCUT2D eigenvalue weighted by Gasteiger charge is 2.20. The maximum absolute atomic E-state index is 4.78. The number of fused-ring (bicyclic) bond motifs is 4. The highest BCUT2D eigenvalue weighted by atomic mass is 15.3. The second-order valence-electron chi connectivity index (χ2n) is 13.0. The fourth-order valence-electron chi connectivity index (χ4n) is 7.41. The lowest BCUT2D eigenvalue weighted by molar-refractivity contribution is 1.06. The van der Waals surface area contributed by atoms with E-state index in [2.05, 4.69) is 166 Å². The van der Waals surface area contributed by atoms with Crippen molar-refractivity contribution < 1.29 is 0 Å². The van der Waals surface area contributed by atoms with Gasteiger partial charge in [0, 0.05) is 50.0 Å². The van der Waals surface area contributed by atoms with Gasteiger partial charge in [-0.05, 0) is 84.9 Å². The summed E-state index contributed by atoms with van der Waals surface area (Å²) in [5.41, 5.74) is 10.5. The minimum Gasteiger partial charge on any atom is -0.311 e. The third-order valence-corrected chi connectivity index (χ3v) is 9.87. The van der Waals surface area contributed by atoms with Gasteiger partial charge in [-0.15, -0.1) is 10.2 Å². The van der Waals surface area contributed by atoms with E-state index in [-0.39, 0.29) is 0 Å². The normalized spacial score (nSPS) is 11.4. The van der Waals surface area contributed by atoms with Crippen LogP contribution in [0.5, 0.6) is 0 Å². The van der Waals surface area contributed by atoms with Crippen LogP contribution in [0.25, 0.3) is 66.9 Å². The first-order valence-electron chi connectivity index (χ1n) is 17.7. The summed E-state index contributed by atoms with van der Waals surface area (Å²) < 4.78 is 4.45. The Morgan fingerprint density at radius 3 is 1.57 bits per heavy atom. The van der Waals surface area contributed by atoms with Crippen LogP contribution in [0.4, 0.5) is 17.1 Å². The fourth-order valence-corrected chi connectivity index (χ4v) is 7.41. The summed E-state index contributed by atoms with van der Waals surface area (Å²) in [6.45, 7) is 0. The van der Waals surface area contributed by atoms with Crippen LogP contribution < -0.4 is 4.90 Å². The molecule has 6 heteroatoms. The number of rotatable bonds is 7.